The average Bonchev–Trinajstić information content (AvgIpc) is 3.23. The van der Waals surface area contributed by atoms with Crippen molar-refractivity contribution in [2.45, 2.75) is 44.9 Å². The third-order valence-electron chi connectivity index (χ3n) is 5.00. The van der Waals surface area contributed by atoms with Gasteiger partial charge in [0.15, 0.2) is 0 Å². The molecule has 132 valence electrons. The number of aliphatic hydroxyl groups excluding tert-OH is 1. The van der Waals surface area contributed by atoms with Crippen LogP contribution in [0.25, 0.3) is 10.9 Å². The highest BCUT2D eigenvalue weighted by atomic mass is 35.5. The number of hydrogen-bond acceptors (Lipinski definition) is 3. The van der Waals surface area contributed by atoms with Crippen LogP contribution in [0.1, 0.15) is 29.9 Å². The first kappa shape index (κ1) is 16.7. The summed E-state index contributed by atoms with van der Waals surface area (Å²) in [5.41, 5.74) is 3.83. The van der Waals surface area contributed by atoms with Crippen LogP contribution in [0, 0.1) is 0 Å². The predicted octanol–water partition coefficient (Wildman–Crippen LogP) is 3.92. The Balaban J connectivity index is 1.54. The topological polar surface area (TPSA) is 50.3 Å². The molecule has 0 saturated carbocycles. The fraction of sp³-hybridized carbons (Fsp3) is 0.400. The Hall–Kier alpha value is -1.75. The van der Waals surface area contributed by atoms with Crippen LogP contribution >= 0.6 is 11.6 Å². The first-order valence-corrected chi connectivity index (χ1v) is 9.31. The molecule has 2 aromatic heterocycles. The normalized spacial score (nSPS) is 15.4. The maximum absolute atomic E-state index is 10.5. The van der Waals surface area contributed by atoms with Gasteiger partial charge < -0.3 is 19.4 Å². The third kappa shape index (κ3) is 3.34. The van der Waals surface area contributed by atoms with Crippen molar-refractivity contribution in [3.63, 3.8) is 0 Å². The molecule has 0 bridgehead atoms. The minimum absolute atomic E-state index is 0.479. The predicted molar refractivity (Wildman–Crippen MR) is 100 cm³/mol. The van der Waals surface area contributed by atoms with Crippen molar-refractivity contribution in [2.75, 3.05) is 6.54 Å². The molecule has 0 aliphatic heterocycles. The number of hydrogen-bond donors (Lipinski definition) is 2. The second-order valence-corrected chi connectivity index (χ2v) is 7.15. The van der Waals surface area contributed by atoms with Gasteiger partial charge in [0.1, 0.15) is 5.76 Å². The Labute approximate surface area is 152 Å². The zero-order chi connectivity index (χ0) is 17.2. The van der Waals surface area contributed by atoms with Crippen LogP contribution in [-0.4, -0.2) is 22.3 Å². The Morgan fingerprint density at radius 3 is 2.92 bits per heavy atom. The number of rotatable bonds is 6. The fourth-order valence-corrected chi connectivity index (χ4v) is 4.17. The van der Waals surface area contributed by atoms with Gasteiger partial charge in [0.25, 0.3) is 0 Å². The Morgan fingerprint density at radius 2 is 2.08 bits per heavy atom. The van der Waals surface area contributed by atoms with Crippen molar-refractivity contribution in [3.05, 3.63) is 58.6 Å². The summed E-state index contributed by atoms with van der Waals surface area (Å²) in [5, 5.41) is 15.8. The van der Waals surface area contributed by atoms with Crippen molar-refractivity contribution in [1.82, 2.24) is 9.88 Å². The van der Waals surface area contributed by atoms with Crippen LogP contribution in [0.5, 0.6) is 0 Å². The lowest BCUT2D eigenvalue weighted by Gasteiger charge is -2.19. The molecule has 4 rings (SSSR count). The molecule has 0 spiro atoms. The van der Waals surface area contributed by atoms with E-state index in [-0.39, 0.29) is 0 Å². The van der Waals surface area contributed by atoms with Gasteiger partial charge in [-0.15, -0.1) is 0 Å². The van der Waals surface area contributed by atoms with Gasteiger partial charge in [-0.25, -0.2) is 0 Å². The second-order valence-electron chi connectivity index (χ2n) is 6.74. The van der Waals surface area contributed by atoms with E-state index in [4.69, 9.17) is 16.0 Å². The highest BCUT2D eigenvalue weighted by molar-refractivity contribution is 6.35. The van der Waals surface area contributed by atoms with E-state index in [9.17, 15) is 5.11 Å². The monoisotopic (exact) mass is 358 g/mol. The van der Waals surface area contributed by atoms with Crippen LogP contribution in [0.15, 0.2) is 41.0 Å². The van der Waals surface area contributed by atoms with Crippen LogP contribution < -0.4 is 5.32 Å². The van der Waals surface area contributed by atoms with Crippen LogP contribution in [0.4, 0.5) is 0 Å². The first-order valence-electron chi connectivity index (χ1n) is 8.93. The van der Waals surface area contributed by atoms with Gasteiger partial charge in [-0.2, -0.15) is 0 Å². The highest BCUT2D eigenvalue weighted by Crippen LogP contribution is 2.35. The summed E-state index contributed by atoms with van der Waals surface area (Å²) in [6.07, 6.45) is 5.78. The third-order valence-corrected chi connectivity index (χ3v) is 5.30. The molecule has 0 fully saturated rings. The molecular weight excluding hydrogens is 336 g/mol. The summed E-state index contributed by atoms with van der Waals surface area (Å²) in [7, 11) is 0. The van der Waals surface area contributed by atoms with E-state index in [0.29, 0.717) is 19.6 Å². The van der Waals surface area contributed by atoms with Gasteiger partial charge >= 0.3 is 0 Å². The molecule has 4 nitrogen and oxygen atoms in total. The molecule has 25 heavy (non-hydrogen) atoms. The zero-order valence-electron chi connectivity index (χ0n) is 14.2. The molecule has 1 aliphatic rings. The summed E-state index contributed by atoms with van der Waals surface area (Å²) in [6.45, 7) is 1.69. The van der Waals surface area contributed by atoms with E-state index in [2.05, 4.69) is 16.0 Å². The number of aliphatic hydroxyl groups is 1. The van der Waals surface area contributed by atoms with E-state index in [1.165, 1.54) is 29.5 Å². The maximum Gasteiger partial charge on any atom is 0.117 e. The number of aryl methyl sites for hydroxylation is 1. The Morgan fingerprint density at radius 1 is 1.20 bits per heavy atom. The molecule has 1 atom stereocenters. The number of para-hydroxylation sites is 1. The van der Waals surface area contributed by atoms with Gasteiger partial charge in [0.2, 0.25) is 0 Å². The minimum atomic E-state index is -0.479. The van der Waals surface area contributed by atoms with E-state index in [0.717, 1.165) is 29.1 Å². The second kappa shape index (κ2) is 7.24. The lowest BCUT2D eigenvalue weighted by Crippen LogP contribution is -2.30. The number of nitrogens with one attached hydrogen (secondary N) is 1. The van der Waals surface area contributed by atoms with Crippen molar-refractivity contribution in [1.29, 1.82) is 0 Å². The number of aromatic nitrogens is 1. The first-order chi connectivity index (χ1) is 12.2. The molecule has 2 N–H and O–H groups in total. The molecule has 1 unspecified atom stereocenters. The smallest absolute Gasteiger partial charge is 0.117 e. The number of fused-ring (bicyclic) bond motifs is 3. The maximum atomic E-state index is 10.5. The zero-order valence-corrected chi connectivity index (χ0v) is 14.9. The largest absolute Gasteiger partial charge is 0.468 e. The lowest BCUT2D eigenvalue weighted by atomic mass is 9.95. The van der Waals surface area contributed by atoms with Gasteiger partial charge in [-0.3, -0.25) is 0 Å². The van der Waals surface area contributed by atoms with Crippen molar-refractivity contribution in [2.24, 2.45) is 0 Å². The lowest BCUT2D eigenvalue weighted by molar-refractivity contribution is 0.150. The standard InChI is InChI=1S/C20H23ClN2O2/c21-18-8-3-7-17-16-6-1-2-9-19(16)23(20(17)18)13-14(24)11-22-12-15-5-4-10-25-15/h3-5,7-8,10,14,22,24H,1-2,6,9,11-13H2. The van der Waals surface area contributed by atoms with Gasteiger partial charge in [-0.1, -0.05) is 23.7 Å². The SMILES string of the molecule is OC(CNCc1ccco1)Cn1c2c(c3cccc(Cl)c31)CCCC2. The molecule has 1 aromatic carbocycles. The van der Waals surface area contributed by atoms with E-state index < -0.39 is 6.10 Å². The molecule has 0 amide bonds. The molecule has 5 heteroatoms. The number of halogens is 1. The Bertz CT molecular complexity index is 854. The average molecular weight is 359 g/mol. The van der Waals surface area contributed by atoms with Gasteiger partial charge in [0, 0.05) is 17.6 Å². The van der Waals surface area contributed by atoms with E-state index >= 15 is 0 Å². The Kier molecular flexibility index (Phi) is 4.84. The van der Waals surface area contributed by atoms with Crippen molar-refractivity contribution >= 4 is 22.5 Å². The minimum Gasteiger partial charge on any atom is -0.468 e. The van der Waals surface area contributed by atoms with Crippen LogP contribution in [-0.2, 0) is 25.9 Å². The molecule has 3 aromatic rings. The van der Waals surface area contributed by atoms with Crippen LogP contribution in [0.3, 0.4) is 0 Å². The summed E-state index contributed by atoms with van der Waals surface area (Å²) >= 11 is 6.51. The van der Waals surface area contributed by atoms with Crippen LogP contribution in [0.2, 0.25) is 5.02 Å². The molecule has 2 heterocycles. The van der Waals surface area contributed by atoms with Gasteiger partial charge in [-0.05, 0) is 49.4 Å². The van der Waals surface area contributed by atoms with E-state index in [1.54, 1.807) is 6.26 Å². The number of furan rings is 1. The molecular formula is C20H23ClN2O2. The molecule has 0 radical (unpaired) electrons. The fourth-order valence-electron chi connectivity index (χ4n) is 3.90. The highest BCUT2D eigenvalue weighted by Gasteiger charge is 2.22. The van der Waals surface area contributed by atoms with Crippen molar-refractivity contribution in [3.8, 4) is 0 Å². The van der Waals surface area contributed by atoms with Crippen molar-refractivity contribution < 1.29 is 9.52 Å². The van der Waals surface area contributed by atoms with E-state index in [1.807, 2.05) is 24.3 Å². The van der Waals surface area contributed by atoms with Gasteiger partial charge in [0.05, 0.1) is 36.0 Å². The summed E-state index contributed by atoms with van der Waals surface area (Å²) in [6, 6.07) is 9.91. The molecule has 1 aliphatic carbocycles. The number of nitrogens with zero attached hydrogens (tertiary/aromatic N) is 1. The quantitative estimate of drug-likeness (QED) is 0.702. The number of benzene rings is 1. The summed E-state index contributed by atoms with van der Waals surface area (Å²) < 4.78 is 7.54. The summed E-state index contributed by atoms with van der Waals surface area (Å²) in [4.78, 5) is 0. The summed E-state index contributed by atoms with van der Waals surface area (Å²) in [5.74, 6) is 0.874. The molecule has 0 saturated heterocycles.